The fourth-order valence-corrected chi connectivity index (χ4v) is 4.88. The lowest BCUT2D eigenvalue weighted by Gasteiger charge is -2.10. The highest BCUT2D eigenvalue weighted by molar-refractivity contribution is 7.99. The van der Waals surface area contributed by atoms with E-state index in [2.05, 4.69) is 22.1 Å². The number of anilines is 1. The summed E-state index contributed by atoms with van der Waals surface area (Å²) in [6.45, 7) is 10.1. The lowest BCUT2D eigenvalue weighted by molar-refractivity contribution is -0.113. The highest BCUT2D eigenvalue weighted by atomic mass is 32.2. The van der Waals surface area contributed by atoms with Crippen LogP contribution in [0, 0.1) is 20.8 Å². The van der Waals surface area contributed by atoms with Gasteiger partial charge in [0.15, 0.2) is 11.0 Å². The van der Waals surface area contributed by atoms with Gasteiger partial charge in [-0.15, -0.1) is 28.1 Å². The van der Waals surface area contributed by atoms with E-state index in [-0.39, 0.29) is 11.7 Å². The Kier molecular flexibility index (Phi) is 7.29. The van der Waals surface area contributed by atoms with Crippen molar-refractivity contribution in [3.63, 3.8) is 0 Å². The number of esters is 1. The first kappa shape index (κ1) is 22.8. The molecule has 0 aliphatic heterocycles. The summed E-state index contributed by atoms with van der Waals surface area (Å²) in [5.41, 5.74) is 3.29. The molecular weight excluding hydrogens is 432 g/mol. The van der Waals surface area contributed by atoms with E-state index in [1.807, 2.05) is 49.6 Å². The monoisotopic (exact) mass is 456 g/mol. The summed E-state index contributed by atoms with van der Waals surface area (Å²) in [6.07, 6.45) is 1.77. The van der Waals surface area contributed by atoms with Crippen LogP contribution in [-0.2, 0) is 16.1 Å². The fourth-order valence-electron chi connectivity index (χ4n) is 3.07. The van der Waals surface area contributed by atoms with E-state index in [0.717, 1.165) is 27.4 Å². The van der Waals surface area contributed by atoms with Gasteiger partial charge in [0.1, 0.15) is 5.00 Å². The number of thiophene rings is 1. The summed E-state index contributed by atoms with van der Waals surface area (Å²) in [6, 6.07) is 7.95. The first-order valence-corrected chi connectivity index (χ1v) is 11.4. The molecule has 2 heterocycles. The quantitative estimate of drug-likeness (QED) is 0.302. The smallest absolute Gasteiger partial charge is 0.341 e. The van der Waals surface area contributed by atoms with E-state index in [4.69, 9.17) is 4.74 Å². The lowest BCUT2D eigenvalue weighted by atomic mass is 10.1. The molecule has 31 heavy (non-hydrogen) atoms. The number of methoxy groups -OCH3 is 1. The molecule has 3 rings (SSSR count). The molecular formula is C22H24N4O3S2. The third-order valence-corrected chi connectivity index (χ3v) is 6.86. The number of carbonyl (C=O) groups is 2. The van der Waals surface area contributed by atoms with E-state index in [0.29, 0.717) is 22.3 Å². The van der Waals surface area contributed by atoms with Gasteiger partial charge in [-0.1, -0.05) is 42.1 Å². The van der Waals surface area contributed by atoms with Gasteiger partial charge in [0.05, 0.1) is 18.4 Å². The van der Waals surface area contributed by atoms with Crippen LogP contribution in [0.3, 0.4) is 0 Å². The standard InChI is InChI=1S/C22H24N4O3S2/c1-6-11-26-19(16-10-8-7-9-13(16)2)24-25-22(26)30-12-17(27)23-20-18(21(28)29-5)14(3)15(4)31-20/h6-10H,1,11-12H2,2-5H3,(H,23,27). The third-order valence-electron chi connectivity index (χ3n) is 4.77. The predicted molar refractivity (Wildman–Crippen MR) is 125 cm³/mol. The number of aromatic nitrogens is 3. The number of ether oxygens (including phenoxy) is 1. The predicted octanol–water partition coefficient (Wildman–Crippen LogP) is 4.64. The summed E-state index contributed by atoms with van der Waals surface area (Å²) in [4.78, 5) is 25.7. The fraction of sp³-hybridized carbons (Fsp3) is 0.273. The molecule has 2 aromatic heterocycles. The first-order chi connectivity index (χ1) is 14.9. The van der Waals surface area contributed by atoms with Crippen molar-refractivity contribution in [2.24, 2.45) is 0 Å². The van der Waals surface area contributed by atoms with E-state index < -0.39 is 5.97 Å². The normalized spacial score (nSPS) is 10.7. The molecule has 0 unspecified atom stereocenters. The number of carbonyl (C=O) groups excluding carboxylic acids is 2. The number of hydrogen-bond acceptors (Lipinski definition) is 7. The minimum Gasteiger partial charge on any atom is -0.465 e. The largest absolute Gasteiger partial charge is 0.465 e. The minimum absolute atomic E-state index is 0.125. The zero-order valence-corrected chi connectivity index (χ0v) is 19.5. The van der Waals surface area contributed by atoms with Crippen LogP contribution in [0.25, 0.3) is 11.4 Å². The summed E-state index contributed by atoms with van der Waals surface area (Å²) < 4.78 is 6.80. The first-order valence-electron chi connectivity index (χ1n) is 9.58. The van der Waals surface area contributed by atoms with Crippen LogP contribution in [0.4, 0.5) is 5.00 Å². The van der Waals surface area contributed by atoms with Crippen molar-refractivity contribution in [3.8, 4) is 11.4 Å². The molecule has 1 aromatic carbocycles. The van der Waals surface area contributed by atoms with E-state index >= 15 is 0 Å². The Morgan fingerprint density at radius 1 is 1.26 bits per heavy atom. The average molecular weight is 457 g/mol. The van der Waals surface area contributed by atoms with Gasteiger partial charge in [-0.2, -0.15) is 0 Å². The topological polar surface area (TPSA) is 86.1 Å². The second-order valence-corrected chi connectivity index (χ2v) is 9.00. The van der Waals surface area contributed by atoms with Gasteiger partial charge in [-0.05, 0) is 31.9 Å². The molecule has 0 aliphatic carbocycles. The number of nitrogens with one attached hydrogen (secondary N) is 1. The Balaban J connectivity index is 1.77. The molecule has 1 N–H and O–H groups in total. The van der Waals surface area contributed by atoms with Crippen molar-refractivity contribution in [2.45, 2.75) is 32.5 Å². The molecule has 1 amide bonds. The molecule has 0 fully saturated rings. The Labute approximate surface area is 189 Å². The number of aryl methyl sites for hydroxylation is 2. The van der Waals surface area contributed by atoms with Crippen LogP contribution in [0.5, 0.6) is 0 Å². The molecule has 9 heteroatoms. The number of allylic oxidation sites excluding steroid dienone is 1. The van der Waals surface area contributed by atoms with Gasteiger partial charge < -0.3 is 10.1 Å². The van der Waals surface area contributed by atoms with Gasteiger partial charge in [-0.25, -0.2) is 4.79 Å². The number of thioether (sulfide) groups is 1. The van der Waals surface area contributed by atoms with Crippen molar-refractivity contribution in [1.82, 2.24) is 14.8 Å². The van der Waals surface area contributed by atoms with Crippen LogP contribution in [0.2, 0.25) is 0 Å². The van der Waals surface area contributed by atoms with Gasteiger partial charge in [0.2, 0.25) is 5.91 Å². The summed E-state index contributed by atoms with van der Waals surface area (Å²) in [5, 5.41) is 12.6. The van der Waals surface area contributed by atoms with Gasteiger partial charge >= 0.3 is 5.97 Å². The van der Waals surface area contributed by atoms with E-state index in [9.17, 15) is 9.59 Å². The van der Waals surface area contributed by atoms with E-state index in [1.54, 1.807) is 6.08 Å². The molecule has 0 saturated heterocycles. The second-order valence-electron chi connectivity index (χ2n) is 6.84. The summed E-state index contributed by atoms with van der Waals surface area (Å²) in [7, 11) is 1.33. The van der Waals surface area contributed by atoms with Gasteiger partial charge in [0, 0.05) is 17.0 Å². The molecule has 3 aromatic rings. The Morgan fingerprint density at radius 2 is 2.00 bits per heavy atom. The number of hydrogen-bond donors (Lipinski definition) is 1. The number of rotatable bonds is 8. The molecule has 0 saturated carbocycles. The van der Waals surface area contributed by atoms with Crippen LogP contribution in [0.1, 0.15) is 26.4 Å². The van der Waals surface area contributed by atoms with Crippen LogP contribution >= 0.6 is 23.1 Å². The Bertz CT molecular complexity index is 1130. The zero-order valence-electron chi connectivity index (χ0n) is 17.9. The van der Waals surface area contributed by atoms with Crippen LogP contribution in [0.15, 0.2) is 42.1 Å². The van der Waals surface area contributed by atoms with E-state index in [1.165, 1.54) is 30.2 Å². The molecule has 0 aliphatic rings. The highest BCUT2D eigenvalue weighted by Gasteiger charge is 2.22. The maximum atomic E-state index is 12.6. The maximum absolute atomic E-state index is 12.6. The molecule has 0 spiro atoms. The molecule has 0 radical (unpaired) electrons. The van der Waals surface area contributed by atoms with Crippen molar-refractivity contribution in [2.75, 3.05) is 18.2 Å². The van der Waals surface area contributed by atoms with Crippen molar-refractivity contribution >= 4 is 40.0 Å². The molecule has 0 atom stereocenters. The third kappa shape index (κ3) is 4.88. The SMILES string of the molecule is C=CCn1c(SCC(=O)Nc2sc(C)c(C)c2C(=O)OC)nnc1-c1ccccc1C. The zero-order chi connectivity index (χ0) is 22.5. The lowest BCUT2D eigenvalue weighted by Crippen LogP contribution is -2.16. The van der Waals surface area contributed by atoms with Crippen LogP contribution < -0.4 is 5.32 Å². The van der Waals surface area contributed by atoms with Gasteiger partial charge in [-0.3, -0.25) is 9.36 Å². The molecule has 7 nitrogen and oxygen atoms in total. The number of benzene rings is 1. The van der Waals surface area contributed by atoms with Crippen molar-refractivity contribution < 1.29 is 14.3 Å². The minimum atomic E-state index is -0.460. The molecule has 0 bridgehead atoms. The number of nitrogens with zero attached hydrogens (tertiary/aromatic N) is 3. The number of amides is 1. The van der Waals surface area contributed by atoms with Crippen molar-refractivity contribution in [1.29, 1.82) is 0 Å². The highest BCUT2D eigenvalue weighted by Crippen LogP contribution is 2.33. The summed E-state index contributed by atoms with van der Waals surface area (Å²) in [5.74, 6) is 0.165. The van der Waals surface area contributed by atoms with Gasteiger partial charge in [0.25, 0.3) is 0 Å². The van der Waals surface area contributed by atoms with Crippen LogP contribution in [-0.4, -0.2) is 39.5 Å². The summed E-state index contributed by atoms with van der Waals surface area (Å²) >= 11 is 2.65. The average Bonchev–Trinajstić information content (AvgIpc) is 3.27. The van der Waals surface area contributed by atoms with Crippen molar-refractivity contribution in [3.05, 3.63) is 58.5 Å². The Hall–Kier alpha value is -2.91. The second kappa shape index (κ2) is 9.93. The Morgan fingerprint density at radius 3 is 2.68 bits per heavy atom. The molecule has 162 valence electrons. The maximum Gasteiger partial charge on any atom is 0.341 e.